The van der Waals surface area contributed by atoms with E-state index in [1.54, 1.807) is 37.6 Å². The van der Waals surface area contributed by atoms with E-state index in [2.05, 4.69) is 24.9 Å². The number of rotatable bonds is 6. The fraction of sp³-hybridized carbons (Fsp3) is 0.158. The molecule has 3 heterocycles. The molecule has 0 unspecified atom stereocenters. The number of nitrogens with one attached hydrogen (secondary N) is 1. The molecule has 29 heavy (non-hydrogen) atoms. The smallest absolute Gasteiger partial charge is 0.195 e. The molecule has 4 rings (SSSR count). The lowest BCUT2D eigenvalue weighted by Crippen LogP contribution is -2.05. The van der Waals surface area contributed by atoms with E-state index in [1.165, 1.54) is 18.3 Å². The van der Waals surface area contributed by atoms with Gasteiger partial charge in [-0.05, 0) is 18.2 Å². The molecule has 0 saturated carbocycles. The fourth-order valence-corrected chi connectivity index (χ4v) is 3.51. The van der Waals surface area contributed by atoms with Gasteiger partial charge in [-0.25, -0.2) is 23.4 Å². The molecule has 148 valence electrons. The number of sulfone groups is 1. The highest BCUT2D eigenvalue weighted by molar-refractivity contribution is 7.91. The number of pyridine rings is 1. The van der Waals surface area contributed by atoms with Crippen LogP contribution in [0.25, 0.3) is 22.6 Å². The van der Waals surface area contributed by atoms with Gasteiger partial charge in [0.25, 0.3) is 0 Å². The van der Waals surface area contributed by atoms with Gasteiger partial charge in [0.1, 0.15) is 17.2 Å². The summed E-state index contributed by atoms with van der Waals surface area (Å²) in [7, 11) is -3.38. The number of aromatic nitrogens is 5. The fourth-order valence-electron chi connectivity index (χ4n) is 2.73. The molecule has 0 saturated heterocycles. The number of imidazole rings is 1. The number of aliphatic hydroxyl groups excluding tert-OH is 1. The van der Waals surface area contributed by atoms with Crippen LogP contribution in [0.5, 0.6) is 11.5 Å². The maximum absolute atomic E-state index is 11.9. The van der Waals surface area contributed by atoms with Crippen LogP contribution in [-0.2, 0) is 16.4 Å². The molecule has 2 N–H and O–H groups in total. The van der Waals surface area contributed by atoms with E-state index in [0.717, 1.165) is 0 Å². The molecular formula is C19H17N5O4S. The van der Waals surface area contributed by atoms with Gasteiger partial charge in [0.15, 0.2) is 20.7 Å². The van der Waals surface area contributed by atoms with E-state index in [9.17, 15) is 13.5 Å². The zero-order valence-electron chi connectivity index (χ0n) is 15.4. The summed E-state index contributed by atoms with van der Waals surface area (Å²) in [6, 6.07) is 6.34. The van der Waals surface area contributed by atoms with Gasteiger partial charge in [-0.3, -0.25) is 4.98 Å². The van der Waals surface area contributed by atoms with Gasteiger partial charge >= 0.3 is 0 Å². The molecular weight excluding hydrogens is 394 g/mol. The maximum Gasteiger partial charge on any atom is 0.195 e. The summed E-state index contributed by atoms with van der Waals surface area (Å²) in [6.07, 6.45) is 6.09. The molecule has 9 nitrogen and oxygen atoms in total. The molecule has 0 fully saturated rings. The van der Waals surface area contributed by atoms with Gasteiger partial charge < -0.3 is 14.8 Å². The molecule has 3 aromatic heterocycles. The first-order valence-electron chi connectivity index (χ1n) is 8.76. The van der Waals surface area contributed by atoms with Crippen molar-refractivity contribution in [2.24, 2.45) is 0 Å². The van der Waals surface area contributed by atoms with Crippen LogP contribution in [0.1, 0.15) is 12.5 Å². The molecule has 0 aliphatic rings. The molecule has 0 aliphatic heterocycles. The summed E-state index contributed by atoms with van der Waals surface area (Å²) in [5.74, 6) is 1.26. The van der Waals surface area contributed by atoms with Crippen LogP contribution in [0.15, 0.2) is 54.1 Å². The van der Waals surface area contributed by atoms with Crippen molar-refractivity contribution in [3.8, 4) is 23.0 Å². The van der Waals surface area contributed by atoms with E-state index in [-0.39, 0.29) is 17.4 Å². The molecule has 0 atom stereocenters. The maximum atomic E-state index is 11.9. The third kappa shape index (κ3) is 3.80. The highest BCUT2D eigenvalue weighted by Gasteiger charge is 2.15. The summed E-state index contributed by atoms with van der Waals surface area (Å²) in [4.78, 5) is 19.9. The van der Waals surface area contributed by atoms with Crippen LogP contribution in [0.3, 0.4) is 0 Å². The Kier molecular flexibility index (Phi) is 4.95. The second-order valence-electron chi connectivity index (χ2n) is 6.15. The van der Waals surface area contributed by atoms with E-state index in [0.29, 0.717) is 39.6 Å². The first-order chi connectivity index (χ1) is 14.0. The Morgan fingerprint density at radius 2 is 2.00 bits per heavy atom. The molecule has 0 radical (unpaired) electrons. The minimum absolute atomic E-state index is 0.00824. The van der Waals surface area contributed by atoms with Gasteiger partial charge in [0.2, 0.25) is 0 Å². The van der Waals surface area contributed by atoms with Crippen molar-refractivity contribution in [1.82, 2.24) is 24.9 Å². The van der Waals surface area contributed by atoms with Crippen LogP contribution in [0.4, 0.5) is 0 Å². The Morgan fingerprint density at radius 3 is 2.66 bits per heavy atom. The van der Waals surface area contributed by atoms with Gasteiger partial charge in [-0.1, -0.05) is 6.92 Å². The second-order valence-corrected chi connectivity index (χ2v) is 8.37. The van der Waals surface area contributed by atoms with Crippen LogP contribution in [-0.4, -0.2) is 44.2 Å². The second kappa shape index (κ2) is 7.57. The van der Waals surface area contributed by atoms with Crippen molar-refractivity contribution in [3.63, 3.8) is 0 Å². The first-order valence-corrected chi connectivity index (χ1v) is 10.4. The first kappa shape index (κ1) is 19.0. The molecule has 0 bridgehead atoms. The summed E-state index contributed by atoms with van der Waals surface area (Å²) >= 11 is 0. The van der Waals surface area contributed by atoms with Crippen LogP contribution in [0.2, 0.25) is 0 Å². The minimum atomic E-state index is -3.38. The van der Waals surface area contributed by atoms with Crippen LogP contribution < -0.4 is 4.74 Å². The Hall–Kier alpha value is -3.37. The molecule has 0 aliphatic carbocycles. The van der Waals surface area contributed by atoms with Crippen molar-refractivity contribution in [2.45, 2.75) is 18.6 Å². The number of benzene rings is 1. The number of aliphatic hydroxyl groups is 1. The van der Waals surface area contributed by atoms with E-state index < -0.39 is 9.84 Å². The third-order valence-electron chi connectivity index (χ3n) is 4.28. The summed E-state index contributed by atoms with van der Waals surface area (Å²) in [6.45, 7) is 1.31. The van der Waals surface area contributed by atoms with Crippen molar-refractivity contribution < 1.29 is 18.3 Å². The monoisotopic (exact) mass is 411 g/mol. The topological polar surface area (TPSA) is 131 Å². The highest BCUT2D eigenvalue weighted by Crippen LogP contribution is 2.30. The van der Waals surface area contributed by atoms with Crippen molar-refractivity contribution >= 4 is 20.9 Å². The lowest BCUT2D eigenvalue weighted by Gasteiger charge is -2.10. The summed E-state index contributed by atoms with van der Waals surface area (Å²) in [5, 5.41) is 9.72. The SMILES string of the molecule is CCS(=O)(=O)c1ccc(Oc2cc3nc(-c4cnccn4)[nH]c3cc2CO)cn1. The lowest BCUT2D eigenvalue weighted by molar-refractivity contribution is 0.276. The number of aromatic amines is 1. The summed E-state index contributed by atoms with van der Waals surface area (Å²) < 4.78 is 29.6. The van der Waals surface area contributed by atoms with Crippen molar-refractivity contribution in [1.29, 1.82) is 0 Å². The predicted molar refractivity (Wildman–Crippen MR) is 105 cm³/mol. The Bertz CT molecular complexity index is 1260. The van der Waals surface area contributed by atoms with Gasteiger partial charge in [0, 0.05) is 24.0 Å². The van der Waals surface area contributed by atoms with Gasteiger partial charge in [-0.15, -0.1) is 0 Å². The molecule has 0 spiro atoms. The predicted octanol–water partition coefficient (Wildman–Crippen LogP) is 2.49. The molecule has 1 aromatic carbocycles. The number of H-pyrrole nitrogens is 1. The molecule has 10 heteroatoms. The van der Waals surface area contributed by atoms with Gasteiger partial charge in [-0.2, -0.15) is 0 Å². The highest BCUT2D eigenvalue weighted by atomic mass is 32.2. The average molecular weight is 411 g/mol. The number of hydrogen-bond donors (Lipinski definition) is 2. The number of ether oxygens (including phenoxy) is 1. The van der Waals surface area contributed by atoms with Crippen molar-refractivity contribution in [3.05, 3.63) is 54.6 Å². The quantitative estimate of drug-likeness (QED) is 0.495. The van der Waals surface area contributed by atoms with E-state index >= 15 is 0 Å². The minimum Gasteiger partial charge on any atom is -0.455 e. The largest absolute Gasteiger partial charge is 0.455 e. The average Bonchev–Trinajstić information content (AvgIpc) is 3.17. The standard InChI is InChI=1S/C19H17N5O4S/c1-2-29(26,27)18-4-3-13(9-22-18)28-17-8-15-14(7-12(17)11-25)23-19(24-15)16-10-20-5-6-21-16/h3-10,25H,2,11H2,1H3,(H,23,24). The zero-order valence-corrected chi connectivity index (χ0v) is 16.2. The number of nitrogens with zero attached hydrogens (tertiary/aromatic N) is 4. The Morgan fingerprint density at radius 1 is 1.14 bits per heavy atom. The van der Waals surface area contributed by atoms with Crippen LogP contribution in [0, 0.1) is 0 Å². The number of hydrogen-bond acceptors (Lipinski definition) is 8. The van der Waals surface area contributed by atoms with Crippen molar-refractivity contribution in [2.75, 3.05) is 5.75 Å². The number of fused-ring (bicyclic) bond motifs is 1. The van der Waals surface area contributed by atoms with Crippen LogP contribution >= 0.6 is 0 Å². The Balaban J connectivity index is 1.68. The lowest BCUT2D eigenvalue weighted by atomic mass is 10.2. The zero-order chi connectivity index (χ0) is 20.4. The normalized spacial score (nSPS) is 11.7. The third-order valence-corrected chi connectivity index (χ3v) is 5.91. The van der Waals surface area contributed by atoms with E-state index in [4.69, 9.17) is 4.74 Å². The van der Waals surface area contributed by atoms with Gasteiger partial charge in [0.05, 0.1) is 35.8 Å². The Labute approximate surface area is 166 Å². The molecule has 4 aromatic rings. The summed E-state index contributed by atoms with van der Waals surface area (Å²) in [5.41, 5.74) is 2.46. The molecule has 0 amide bonds. The van der Waals surface area contributed by atoms with E-state index in [1.807, 2.05) is 0 Å².